The van der Waals surface area contributed by atoms with Crippen LogP contribution in [0.1, 0.15) is 37.8 Å². The normalized spacial score (nSPS) is 20.1. The summed E-state index contributed by atoms with van der Waals surface area (Å²) in [5.41, 5.74) is -0.775. The maximum absolute atomic E-state index is 12.9. The molecule has 0 radical (unpaired) electrons. The molecule has 0 amide bonds. The smallest absolute Gasteiger partial charge is 0.347 e. The van der Waals surface area contributed by atoms with Gasteiger partial charge in [-0.05, 0) is 37.8 Å². The summed E-state index contributed by atoms with van der Waals surface area (Å²) in [5.74, 6) is -0.630. The second-order valence-electron chi connectivity index (χ2n) is 7.09. The summed E-state index contributed by atoms with van der Waals surface area (Å²) in [4.78, 5) is 15.3. The van der Waals surface area contributed by atoms with Gasteiger partial charge in [-0.2, -0.15) is 0 Å². The number of hydrogen-bond donors (Lipinski definition) is 1. The number of aliphatic hydroxyl groups is 1. The minimum absolute atomic E-state index is 0. The first-order valence-electron chi connectivity index (χ1n) is 9.30. The van der Waals surface area contributed by atoms with Crippen LogP contribution in [0.3, 0.4) is 0 Å². The Morgan fingerprint density at radius 3 is 1.89 bits per heavy atom. The number of likely N-dealkylation sites (tertiary alicyclic amines) is 1. The Balaban J connectivity index is 0.00000261. The molecule has 0 saturated carbocycles. The van der Waals surface area contributed by atoms with Gasteiger partial charge in [0.25, 0.3) is 0 Å². The summed E-state index contributed by atoms with van der Waals surface area (Å²) >= 11 is 0. The third-order valence-electron chi connectivity index (χ3n) is 5.40. The van der Waals surface area contributed by atoms with E-state index in [2.05, 4.69) is 18.7 Å². The van der Waals surface area contributed by atoms with E-state index >= 15 is 0 Å². The van der Waals surface area contributed by atoms with Crippen LogP contribution in [0, 0.1) is 0 Å². The van der Waals surface area contributed by atoms with Crippen LogP contribution in [0.5, 0.6) is 0 Å². The van der Waals surface area contributed by atoms with Crippen molar-refractivity contribution in [1.29, 1.82) is 0 Å². The molecule has 1 aliphatic heterocycles. The topological polar surface area (TPSA) is 49.8 Å². The van der Waals surface area contributed by atoms with E-state index in [-0.39, 0.29) is 19.0 Å². The summed E-state index contributed by atoms with van der Waals surface area (Å²) in [6.07, 6.45) is 2.35. The van der Waals surface area contributed by atoms with Gasteiger partial charge < -0.3 is 9.84 Å². The quantitative estimate of drug-likeness (QED) is 0.764. The predicted octanol–water partition coefficient (Wildman–Crippen LogP) is 3.76. The third kappa shape index (κ3) is 4.52. The number of carbonyl (C=O) groups is 1. The fourth-order valence-corrected chi connectivity index (χ4v) is 3.80. The van der Waals surface area contributed by atoms with E-state index in [1.54, 1.807) is 24.3 Å². The maximum Gasteiger partial charge on any atom is 0.347 e. The first kappa shape index (κ1) is 21.4. The number of carbonyl (C=O) groups excluding carboxylic acids is 1. The molecular weight excluding hydrogens is 362 g/mol. The van der Waals surface area contributed by atoms with Gasteiger partial charge in [-0.15, -0.1) is 12.4 Å². The number of rotatable bonds is 6. The molecule has 1 N–H and O–H groups in total. The van der Waals surface area contributed by atoms with Crippen LogP contribution in [0.2, 0.25) is 0 Å². The molecular formula is C22H28ClNO3. The zero-order valence-electron chi connectivity index (χ0n) is 15.9. The highest BCUT2D eigenvalue weighted by Gasteiger charge is 2.41. The zero-order valence-corrected chi connectivity index (χ0v) is 16.7. The van der Waals surface area contributed by atoms with E-state index in [0.717, 1.165) is 0 Å². The van der Waals surface area contributed by atoms with E-state index in [0.29, 0.717) is 29.8 Å². The van der Waals surface area contributed by atoms with E-state index in [1.807, 2.05) is 36.4 Å². The molecule has 1 heterocycles. The van der Waals surface area contributed by atoms with Crippen LogP contribution < -0.4 is 0 Å². The van der Waals surface area contributed by atoms with Gasteiger partial charge in [0.2, 0.25) is 5.60 Å². The Bertz CT molecular complexity index is 673. The highest BCUT2D eigenvalue weighted by atomic mass is 35.5. The Labute approximate surface area is 167 Å². The van der Waals surface area contributed by atoms with E-state index in [9.17, 15) is 9.90 Å². The van der Waals surface area contributed by atoms with E-state index in [4.69, 9.17) is 4.74 Å². The summed E-state index contributed by atoms with van der Waals surface area (Å²) in [6.45, 7) is 5.37. The van der Waals surface area contributed by atoms with Crippen molar-refractivity contribution in [1.82, 2.24) is 4.90 Å². The molecule has 2 atom stereocenters. The number of hydrogen-bond acceptors (Lipinski definition) is 4. The van der Waals surface area contributed by atoms with Crippen molar-refractivity contribution >= 4 is 18.4 Å². The Morgan fingerprint density at radius 1 is 1.00 bits per heavy atom. The highest BCUT2D eigenvalue weighted by molar-refractivity contribution is 5.85. The monoisotopic (exact) mass is 389 g/mol. The van der Waals surface area contributed by atoms with Crippen molar-refractivity contribution < 1.29 is 14.6 Å². The van der Waals surface area contributed by atoms with E-state index < -0.39 is 11.6 Å². The zero-order chi connectivity index (χ0) is 18.6. The average molecular weight is 390 g/mol. The van der Waals surface area contributed by atoms with Gasteiger partial charge in [-0.1, -0.05) is 60.7 Å². The molecule has 0 aliphatic carbocycles. The van der Waals surface area contributed by atoms with Gasteiger partial charge in [0.15, 0.2) is 0 Å². The fraction of sp³-hybridized carbons (Fsp3) is 0.409. The van der Waals surface area contributed by atoms with Crippen LogP contribution >= 0.6 is 12.4 Å². The molecule has 1 aliphatic rings. The molecule has 2 aromatic carbocycles. The SMILES string of the molecule is CC1CCC(C)N1CCOC(=O)C(O)(c1ccccc1)c1ccccc1.Cl. The largest absolute Gasteiger partial charge is 0.462 e. The van der Waals surface area contributed by atoms with Gasteiger partial charge in [0.05, 0.1) is 0 Å². The van der Waals surface area contributed by atoms with Gasteiger partial charge >= 0.3 is 5.97 Å². The van der Waals surface area contributed by atoms with E-state index in [1.165, 1.54) is 12.8 Å². The summed E-state index contributed by atoms with van der Waals surface area (Å²) in [6, 6.07) is 19.0. The molecule has 2 aromatic rings. The molecule has 5 heteroatoms. The standard InChI is InChI=1S/C22H27NO3.ClH/c1-17-13-14-18(2)23(17)15-16-26-21(24)22(25,19-9-5-3-6-10-19)20-11-7-4-8-12-20;/h3-12,17-18,25H,13-16H2,1-2H3;1H. The predicted molar refractivity (Wildman–Crippen MR) is 109 cm³/mol. The first-order valence-corrected chi connectivity index (χ1v) is 9.30. The minimum Gasteiger partial charge on any atom is -0.462 e. The van der Waals surface area contributed by atoms with Crippen LogP contribution in [0.15, 0.2) is 60.7 Å². The molecule has 4 nitrogen and oxygen atoms in total. The van der Waals surface area contributed by atoms with Crippen LogP contribution in [0.25, 0.3) is 0 Å². The fourth-order valence-electron chi connectivity index (χ4n) is 3.80. The van der Waals surface area contributed by atoms with Gasteiger partial charge in [0, 0.05) is 18.6 Å². The highest BCUT2D eigenvalue weighted by Crippen LogP contribution is 2.31. The van der Waals surface area contributed by atoms with Crippen LogP contribution in [-0.2, 0) is 15.1 Å². The molecule has 2 unspecified atom stereocenters. The van der Waals surface area contributed by atoms with Crippen LogP contribution in [0.4, 0.5) is 0 Å². The molecule has 1 fully saturated rings. The minimum atomic E-state index is -1.80. The summed E-state index contributed by atoms with van der Waals surface area (Å²) in [5, 5.41) is 11.3. The molecule has 3 rings (SSSR count). The number of halogens is 1. The van der Waals surface area contributed by atoms with Gasteiger partial charge in [-0.3, -0.25) is 4.90 Å². The van der Waals surface area contributed by atoms with Crippen molar-refractivity contribution in [3.63, 3.8) is 0 Å². The van der Waals surface area contributed by atoms with Gasteiger partial charge in [0.1, 0.15) is 6.61 Å². The molecule has 0 bridgehead atoms. The number of benzene rings is 2. The van der Waals surface area contributed by atoms with Gasteiger partial charge in [-0.25, -0.2) is 4.79 Å². The summed E-state index contributed by atoms with van der Waals surface area (Å²) < 4.78 is 5.54. The lowest BCUT2D eigenvalue weighted by molar-refractivity contribution is -0.162. The Kier molecular flexibility index (Phi) is 7.42. The lowest BCUT2D eigenvalue weighted by Crippen LogP contribution is -2.41. The lowest BCUT2D eigenvalue weighted by Gasteiger charge is -2.29. The lowest BCUT2D eigenvalue weighted by atomic mass is 9.86. The Hall–Kier alpha value is -1.88. The number of ether oxygens (including phenoxy) is 1. The number of esters is 1. The van der Waals surface area contributed by atoms with Crippen molar-refractivity contribution in [3.05, 3.63) is 71.8 Å². The molecule has 146 valence electrons. The van der Waals surface area contributed by atoms with Crippen molar-refractivity contribution in [3.8, 4) is 0 Å². The molecule has 0 spiro atoms. The second kappa shape index (κ2) is 9.36. The van der Waals surface area contributed by atoms with Crippen molar-refractivity contribution in [2.75, 3.05) is 13.2 Å². The number of nitrogens with zero attached hydrogens (tertiary/aromatic N) is 1. The maximum atomic E-state index is 12.9. The van der Waals surface area contributed by atoms with Crippen LogP contribution in [-0.4, -0.2) is 41.2 Å². The molecule has 27 heavy (non-hydrogen) atoms. The first-order chi connectivity index (χ1) is 12.5. The molecule has 0 aromatic heterocycles. The average Bonchev–Trinajstić information content (AvgIpc) is 3.00. The van der Waals surface area contributed by atoms with Crippen molar-refractivity contribution in [2.24, 2.45) is 0 Å². The Morgan fingerprint density at radius 2 is 1.44 bits per heavy atom. The summed E-state index contributed by atoms with van der Waals surface area (Å²) in [7, 11) is 0. The second-order valence-corrected chi connectivity index (χ2v) is 7.09. The van der Waals surface area contributed by atoms with Crippen molar-refractivity contribution in [2.45, 2.75) is 44.4 Å². The molecule has 1 saturated heterocycles. The third-order valence-corrected chi connectivity index (χ3v) is 5.40.